The van der Waals surface area contributed by atoms with Crippen molar-refractivity contribution in [1.29, 1.82) is 0 Å². The van der Waals surface area contributed by atoms with Gasteiger partial charge < -0.3 is 49.5 Å². The van der Waals surface area contributed by atoms with Crippen molar-refractivity contribution in [3.05, 3.63) is 0 Å². The molecule has 0 spiro atoms. The van der Waals surface area contributed by atoms with Crippen molar-refractivity contribution in [1.82, 2.24) is 9.80 Å². The van der Waals surface area contributed by atoms with Crippen molar-refractivity contribution in [2.75, 3.05) is 27.7 Å². The number of hydrogen-bond acceptors (Lipinski definition) is 11. The third kappa shape index (κ3) is 8.22. The number of carbonyl (C=O) groups excluding carboxylic acids is 1. The Kier molecular flexibility index (Phi) is 13.3. The molecule has 0 aromatic heterocycles. The van der Waals surface area contributed by atoms with E-state index in [0.717, 1.165) is 0 Å². The second kappa shape index (κ2) is 14.9. The zero-order valence-corrected chi connectivity index (χ0v) is 27.7. The van der Waals surface area contributed by atoms with E-state index in [2.05, 4.69) is 0 Å². The summed E-state index contributed by atoms with van der Waals surface area (Å²) in [6, 6.07) is -0.435. The monoisotopic (exact) mass is 604 g/mol. The highest BCUT2D eigenvalue weighted by molar-refractivity contribution is 5.73. The van der Waals surface area contributed by atoms with E-state index in [1.807, 2.05) is 58.6 Å². The minimum absolute atomic E-state index is 0.180. The van der Waals surface area contributed by atoms with Gasteiger partial charge in [0.2, 0.25) is 0 Å². The van der Waals surface area contributed by atoms with Gasteiger partial charge in [0.1, 0.15) is 11.7 Å². The van der Waals surface area contributed by atoms with Crippen LogP contribution >= 0.6 is 0 Å². The highest BCUT2D eigenvalue weighted by atomic mass is 16.7. The molecule has 0 saturated carbocycles. The molecule has 0 aliphatic carbocycles. The molecule has 2 rings (SSSR count). The molecular weight excluding hydrogens is 544 g/mol. The Morgan fingerprint density at radius 2 is 1.57 bits per heavy atom. The van der Waals surface area contributed by atoms with Gasteiger partial charge in [0, 0.05) is 31.0 Å². The molecule has 2 fully saturated rings. The third-order valence-electron chi connectivity index (χ3n) is 10.1. The number of aliphatic hydroxyl groups is 5. The first-order valence-corrected chi connectivity index (χ1v) is 15.7. The number of hydrogen-bond donors (Lipinski definition) is 5. The van der Waals surface area contributed by atoms with Crippen molar-refractivity contribution < 1.29 is 44.5 Å². The molecule has 0 aromatic rings. The maximum atomic E-state index is 13.8. The quantitative estimate of drug-likeness (QED) is 0.289. The van der Waals surface area contributed by atoms with Crippen molar-refractivity contribution in [2.45, 2.75) is 147 Å². The lowest BCUT2D eigenvalue weighted by molar-refractivity contribution is -0.269. The molecule has 5 N–H and O–H groups in total. The molecule has 2 saturated heterocycles. The Hall–Kier alpha value is -0.890. The maximum absolute atomic E-state index is 13.8. The summed E-state index contributed by atoms with van der Waals surface area (Å²) in [6.07, 6.45) is -5.68. The van der Waals surface area contributed by atoms with E-state index in [-0.39, 0.29) is 37.3 Å². The number of likely N-dealkylation sites (N-methyl/N-ethyl adjacent to an activating group) is 1. The van der Waals surface area contributed by atoms with Gasteiger partial charge in [-0.05, 0) is 74.0 Å². The second-order valence-electron chi connectivity index (χ2n) is 13.7. The number of carbonyl (C=O) groups is 1. The number of ether oxygens (including phenoxy) is 3. The molecule has 42 heavy (non-hydrogen) atoms. The molecule has 0 radical (unpaired) electrons. The average Bonchev–Trinajstić information content (AvgIpc) is 2.93. The minimum atomic E-state index is -1.54. The molecule has 0 amide bonds. The standard InChI is InChI=1S/C31H60N2O9/c1-12-31(13-2)28(37)24(34)17(3)16-33(11)18(4)15-30(8,39)27(36)19(5)26(20(6)29(38)42-31)41-23-14-22(32(9)10)25(35)21(7)40-23/h17-28,34-37,39H,12-16H2,1-11H3/t17-,18+,19-,20+,21?,22?,23-,24+,25+,26-,27+,28-,30+/m0/s1. The minimum Gasteiger partial charge on any atom is -0.456 e. The van der Waals surface area contributed by atoms with E-state index < -0.39 is 71.9 Å². The van der Waals surface area contributed by atoms with Crippen LogP contribution in [0.2, 0.25) is 0 Å². The maximum Gasteiger partial charge on any atom is 0.311 e. The van der Waals surface area contributed by atoms with E-state index in [1.54, 1.807) is 27.7 Å². The first-order valence-electron chi connectivity index (χ1n) is 15.7. The fourth-order valence-corrected chi connectivity index (χ4v) is 6.79. The summed E-state index contributed by atoms with van der Waals surface area (Å²) in [4.78, 5) is 17.7. The first kappa shape index (κ1) is 37.3. The fraction of sp³-hybridized carbons (Fsp3) is 0.968. The smallest absolute Gasteiger partial charge is 0.311 e. The molecular formula is C31H60N2O9. The molecule has 11 nitrogen and oxygen atoms in total. The van der Waals surface area contributed by atoms with Crippen LogP contribution in [0.1, 0.15) is 81.1 Å². The lowest BCUT2D eigenvalue weighted by atomic mass is 9.79. The molecule has 2 heterocycles. The van der Waals surface area contributed by atoms with Gasteiger partial charge in [0.15, 0.2) is 6.29 Å². The Bertz CT molecular complexity index is 854. The first-order chi connectivity index (χ1) is 19.3. The van der Waals surface area contributed by atoms with E-state index in [4.69, 9.17) is 14.2 Å². The summed E-state index contributed by atoms with van der Waals surface area (Å²) in [5.74, 6) is -2.68. The number of nitrogens with zero attached hydrogens (tertiary/aromatic N) is 2. The summed E-state index contributed by atoms with van der Waals surface area (Å²) < 4.78 is 18.6. The predicted octanol–water partition coefficient (Wildman–Crippen LogP) is 1.37. The van der Waals surface area contributed by atoms with Crippen molar-refractivity contribution in [3.63, 3.8) is 0 Å². The summed E-state index contributed by atoms with van der Waals surface area (Å²) in [5, 5.41) is 56.4. The zero-order chi connectivity index (χ0) is 32.3. The molecule has 0 bridgehead atoms. The van der Waals surface area contributed by atoms with Gasteiger partial charge in [-0.2, -0.15) is 0 Å². The molecule has 2 aliphatic rings. The number of rotatable bonds is 5. The predicted molar refractivity (Wildman–Crippen MR) is 160 cm³/mol. The fourth-order valence-electron chi connectivity index (χ4n) is 6.79. The van der Waals surface area contributed by atoms with Crippen LogP contribution in [-0.4, -0.2) is 135 Å². The largest absolute Gasteiger partial charge is 0.456 e. The lowest BCUT2D eigenvalue weighted by Gasteiger charge is -2.45. The van der Waals surface area contributed by atoms with Crippen LogP contribution in [0.4, 0.5) is 0 Å². The molecule has 11 heteroatoms. The molecule has 248 valence electrons. The van der Waals surface area contributed by atoms with Crippen molar-refractivity contribution >= 4 is 5.97 Å². The molecule has 2 aliphatic heterocycles. The van der Waals surface area contributed by atoms with Gasteiger partial charge in [0.25, 0.3) is 0 Å². The van der Waals surface area contributed by atoms with Gasteiger partial charge >= 0.3 is 5.97 Å². The topological polar surface area (TPSA) is 152 Å². The normalized spacial score (nSPS) is 45.2. The van der Waals surface area contributed by atoms with Crippen LogP contribution in [0, 0.1) is 17.8 Å². The number of aliphatic hydroxyl groups excluding tert-OH is 4. The Balaban J connectivity index is 2.57. The second-order valence-corrected chi connectivity index (χ2v) is 13.7. The van der Waals surface area contributed by atoms with Crippen LogP contribution in [0.3, 0.4) is 0 Å². The summed E-state index contributed by atoms with van der Waals surface area (Å²) in [5.41, 5.74) is -2.88. The number of cyclic esters (lactones) is 1. The lowest BCUT2D eigenvalue weighted by Crippen LogP contribution is -2.57. The zero-order valence-electron chi connectivity index (χ0n) is 27.7. The van der Waals surface area contributed by atoms with Gasteiger partial charge in [0.05, 0.1) is 42.0 Å². The van der Waals surface area contributed by atoms with E-state index in [9.17, 15) is 30.3 Å². The van der Waals surface area contributed by atoms with Crippen LogP contribution in [0.25, 0.3) is 0 Å². The van der Waals surface area contributed by atoms with Gasteiger partial charge in [-0.25, -0.2) is 0 Å². The molecule has 2 unspecified atom stereocenters. The van der Waals surface area contributed by atoms with E-state index >= 15 is 0 Å². The molecule has 0 aromatic carbocycles. The Morgan fingerprint density at radius 3 is 2.10 bits per heavy atom. The molecule has 13 atom stereocenters. The van der Waals surface area contributed by atoms with Crippen molar-refractivity contribution in [2.24, 2.45) is 17.8 Å². The highest BCUT2D eigenvalue weighted by Gasteiger charge is 2.49. The Labute approximate surface area is 253 Å². The Morgan fingerprint density at radius 1 is 1.00 bits per heavy atom. The van der Waals surface area contributed by atoms with Gasteiger partial charge in [-0.15, -0.1) is 0 Å². The van der Waals surface area contributed by atoms with Crippen molar-refractivity contribution in [3.8, 4) is 0 Å². The third-order valence-corrected chi connectivity index (χ3v) is 10.1. The van der Waals surface area contributed by atoms with Crippen LogP contribution in [-0.2, 0) is 19.0 Å². The summed E-state index contributed by atoms with van der Waals surface area (Å²) in [6.45, 7) is 14.5. The average molecular weight is 605 g/mol. The van der Waals surface area contributed by atoms with Crippen LogP contribution in [0.5, 0.6) is 0 Å². The highest BCUT2D eigenvalue weighted by Crippen LogP contribution is 2.36. The van der Waals surface area contributed by atoms with E-state index in [0.29, 0.717) is 13.0 Å². The van der Waals surface area contributed by atoms with Crippen LogP contribution < -0.4 is 0 Å². The number of esters is 1. The van der Waals surface area contributed by atoms with Crippen LogP contribution in [0.15, 0.2) is 0 Å². The summed E-state index contributed by atoms with van der Waals surface area (Å²) in [7, 11) is 5.61. The SMILES string of the molecule is CCC1(CC)OC(=O)[C@H](C)[C@@H](O[C@H]2CC(N(C)C)[C@H](O)C(C)O2)[C@H](C)[C@@H](O)[C@](C)(O)C[C@@H](C)N(C)C[C@H](C)[C@@H](O)[C@@H]1O. The van der Waals surface area contributed by atoms with Gasteiger partial charge in [-0.3, -0.25) is 4.79 Å². The summed E-state index contributed by atoms with van der Waals surface area (Å²) >= 11 is 0. The van der Waals surface area contributed by atoms with Gasteiger partial charge in [-0.1, -0.05) is 27.7 Å². The van der Waals surface area contributed by atoms with E-state index in [1.165, 1.54) is 0 Å².